The number of aliphatic imine (C=N–C) groups is 2. The molecule has 2 aromatic carbocycles. The van der Waals surface area contributed by atoms with E-state index in [4.69, 9.17) is 0 Å². The maximum absolute atomic E-state index is 13.4. The van der Waals surface area contributed by atoms with E-state index in [0.717, 1.165) is 59.1 Å². The minimum Gasteiger partial charge on any atom is -0.872 e. The lowest BCUT2D eigenvalue weighted by molar-refractivity contribution is -0.245. The first-order valence-corrected chi connectivity index (χ1v) is 13.9. The fraction of sp³-hybridized carbons (Fsp3) is 0.412. The first-order chi connectivity index (χ1) is 18.8. The van der Waals surface area contributed by atoms with Gasteiger partial charge in [-0.3, -0.25) is 19.6 Å². The van der Waals surface area contributed by atoms with Crippen LogP contribution in [0.25, 0.3) is 11.5 Å². The summed E-state index contributed by atoms with van der Waals surface area (Å²) in [6, 6.07) is 7.21. The summed E-state index contributed by atoms with van der Waals surface area (Å²) in [7, 11) is 0. The van der Waals surface area contributed by atoms with E-state index < -0.39 is 0 Å². The number of rotatable bonds is 8. The second-order valence-corrected chi connectivity index (χ2v) is 11.1. The predicted molar refractivity (Wildman–Crippen MR) is 160 cm³/mol. The van der Waals surface area contributed by atoms with Crippen LogP contribution >= 0.6 is 0 Å². The molecular formula is C34H40N2O4-2. The van der Waals surface area contributed by atoms with Crippen LogP contribution in [0.5, 0.6) is 0 Å². The molecule has 0 saturated heterocycles. The van der Waals surface area contributed by atoms with Crippen molar-refractivity contribution in [2.24, 2.45) is 9.98 Å². The van der Waals surface area contributed by atoms with Crippen LogP contribution in [0.2, 0.25) is 0 Å². The van der Waals surface area contributed by atoms with E-state index >= 15 is 0 Å². The largest absolute Gasteiger partial charge is 0.872 e. The summed E-state index contributed by atoms with van der Waals surface area (Å²) in [4.78, 5) is 34.4. The molecule has 2 atom stereocenters. The van der Waals surface area contributed by atoms with Crippen LogP contribution in [0.1, 0.15) is 84.0 Å². The highest BCUT2D eigenvalue weighted by Crippen LogP contribution is 2.27. The Morgan fingerprint density at radius 2 is 0.950 bits per heavy atom. The Labute approximate surface area is 238 Å². The average molecular weight is 541 g/mol. The van der Waals surface area contributed by atoms with Gasteiger partial charge in [-0.2, -0.15) is 0 Å². The number of benzene rings is 2. The molecule has 0 unspecified atom stereocenters. The Kier molecular flexibility index (Phi) is 10.0. The Balaban J connectivity index is 1.98. The molecule has 1 fully saturated rings. The van der Waals surface area contributed by atoms with E-state index in [0.29, 0.717) is 11.1 Å². The molecule has 40 heavy (non-hydrogen) atoms. The van der Waals surface area contributed by atoms with Gasteiger partial charge in [-0.05, 0) is 102 Å². The SMILES string of the molecule is CC(=O)C(C=N[C@@H]1CCCC[C@H]1N=CC(C(C)=O)=C([O-])c1c(C)cc(C)cc1C)=C([O-])c1c(C)cc(C)cc1C. The Hall–Kier alpha value is -3.80. The van der Waals surface area contributed by atoms with Crippen molar-refractivity contribution in [2.75, 3.05) is 0 Å². The number of nitrogens with zero attached hydrogens (tertiary/aromatic N) is 2. The fourth-order valence-corrected chi connectivity index (χ4v) is 5.74. The van der Waals surface area contributed by atoms with Crippen LogP contribution in [0.3, 0.4) is 0 Å². The van der Waals surface area contributed by atoms with Crippen LogP contribution in [0.15, 0.2) is 45.4 Å². The lowest BCUT2D eigenvalue weighted by Crippen LogP contribution is -2.28. The summed E-state index contributed by atoms with van der Waals surface area (Å²) in [5.41, 5.74) is 6.55. The molecule has 0 spiro atoms. The average Bonchev–Trinajstić information content (AvgIpc) is 2.83. The summed E-state index contributed by atoms with van der Waals surface area (Å²) in [5, 5.41) is 26.8. The second-order valence-electron chi connectivity index (χ2n) is 11.1. The Morgan fingerprint density at radius 3 is 1.23 bits per heavy atom. The zero-order valence-corrected chi connectivity index (χ0v) is 25.0. The third kappa shape index (κ3) is 7.04. The van der Waals surface area contributed by atoms with Crippen LogP contribution < -0.4 is 10.2 Å². The van der Waals surface area contributed by atoms with Crippen molar-refractivity contribution in [2.45, 2.75) is 93.2 Å². The van der Waals surface area contributed by atoms with Gasteiger partial charge < -0.3 is 10.2 Å². The first-order valence-electron chi connectivity index (χ1n) is 13.9. The smallest absolute Gasteiger partial charge is 0.160 e. The van der Waals surface area contributed by atoms with Crippen molar-refractivity contribution in [3.8, 4) is 0 Å². The summed E-state index contributed by atoms with van der Waals surface area (Å²) in [6.45, 7) is 14.2. The van der Waals surface area contributed by atoms with Gasteiger partial charge in [0.2, 0.25) is 0 Å². The zero-order valence-electron chi connectivity index (χ0n) is 25.0. The highest BCUT2D eigenvalue weighted by Gasteiger charge is 2.24. The topological polar surface area (TPSA) is 105 Å². The van der Waals surface area contributed by atoms with Crippen LogP contribution in [0, 0.1) is 41.5 Å². The molecule has 212 valence electrons. The van der Waals surface area contributed by atoms with E-state index in [1.807, 2.05) is 65.8 Å². The molecule has 3 rings (SSSR count). The van der Waals surface area contributed by atoms with Crippen molar-refractivity contribution < 1.29 is 19.8 Å². The monoisotopic (exact) mass is 540 g/mol. The predicted octanol–water partition coefficient (Wildman–Crippen LogP) is 5.01. The fourth-order valence-electron chi connectivity index (χ4n) is 5.74. The van der Waals surface area contributed by atoms with E-state index in [1.165, 1.54) is 26.3 Å². The number of carbonyl (C=O) groups excluding carboxylic acids is 2. The lowest BCUT2D eigenvalue weighted by atomic mass is 9.90. The molecule has 6 nitrogen and oxygen atoms in total. The molecule has 6 heteroatoms. The summed E-state index contributed by atoms with van der Waals surface area (Å²) >= 11 is 0. The maximum Gasteiger partial charge on any atom is 0.160 e. The molecule has 0 bridgehead atoms. The number of aryl methyl sites for hydroxylation is 6. The van der Waals surface area contributed by atoms with E-state index in [9.17, 15) is 19.8 Å². The van der Waals surface area contributed by atoms with Gasteiger partial charge in [0.15, 0.2) is 11.6 Å². The summed E-state index contributed by atoms with van der Waals surface area (Å²) < 4.78 is 0. The molecule has 0 radical (unpaired) electrons. The zero-order chi connectivity index (χ0) is 29.7. The molecule has 0 heterocycles. The number of hydrogen-bond acceptors (Lipinski definition) is 6. The first kappa shape index (κ1) is 30.7. The minimum atomic E-state index is -0.342. The highest BCUT2D eigenvalue weighted by atomic mass is 16.3. The van der Waals surface area contributed by atoms with Crippen LogP contribution in [0.4, 0.5) is 0 Å². The molecule has 1 saturated carbocycles. The van der Waals surface area contributed by atoms with E-state index in [2.05, 4.69) is 9.98 Å². The van der Waals surface area contributed by atoms with Gasteiger partial charge in [0.05, 0.1) is 12.1 Å². The van der Waals surface area contributed by atoms with Gasteiger partial charge in [-0.1, -0.05) is 59.8 Å². The number of hydrogen-bond donors (Lipinski definition) is 0. The van der Waals surface area contributed by atoms with Crippen molar-refractivity contribution in [3.63, 3.8) is 0 Å². The molecule has 1 aliphatic carbocycles. The molecule has 2 aromatic rings. The van der Waals surface area contributed by atoms with Crippen molar-refractivity contribution in [3.05, 3.63) is 79.9 Å². The minimum absolute atomic E-state index is 0.0415. The maximum atomic E-state index is 13.4. The summed E-state index contributed by atoms with van der Waals surface area (Å²) in [5.74, 6) is -1.34. The van der Waals surface area contributed by atoms with Gasteiger partial charge in [0.25, 0.3) is 0 Å². The highest BCUT2D eigenvalue weighted by molar-refractivity contribution is 6.18. The van der Waals surface area contributed by atoms with Gasteiger partial charge in [0, 0.05) is 23.6 Å². The molecule has 0 N–H and O–H groups in total. The van der Waals surface area contributed by atoms with E-state index in [1.54, 1.807) is 0 Å². The standard InChI is InChI=1S/C34H42N2O4/c1-19-13-21(3)31(22(4)14-19)33(39)27(25(7)37)17-35-29-11-9-10-12-30(29)36-18-28(26(8)38)34(40)32-23(5)15-20(2)16-24(32)6/h13-18,29-30,39-40H,9-12H2,1-8H3/p-2/t29-,30-/m1/s1. The molecule has 0 aliphatic heterocycles. The third-order valence-electron chi connectivity index (χ3n) is 7.54. The van der Waals surface area contributed by atoms with Crippen molar-refractivity contribution in [1.82, 2.24) is 0 Å². The van der Waals surface area contributed by atoms with Gasteiger partial charge >= 0.3 is 0 Å². The lowest BCUT2D eigenvalue weighted by Gasteiger charge is -2.27. The number of ketones is 2. The number of Topliss-reactive ketones (excluding diaryl/α,β-unsaturated/α-hetero) is 2. The summed E-state index contributed by atoms with van der Waals surface area (Å²) in [6.07, 6.45) is 6.17. The normalized spacial score (nSPS) is 19.1. The second kappa shape index (κ2) is 13.0. The third-order valence-corrected chi connectivity index (χ3v) is 7.54. The van der Waals surface area contributed by atoms with Crippen LogP contribution in [-0.4, -0.2) is 36.1 Å². The van der Waals surface area contributed by atoms with Gasteiger partial charge in [0.1, 0.15) is 0 Å². The quantitative estimate of drug-likeness (QED) is 0.267. The Morgan fingerprint density at radius 1 is 0.650 bits per heavy atom. The number of allylic oxidation sites excluding steroid dienone is 2. The van der Waals surface area contributed by atoms with Crippen molar-refractivity contribution in [1.29, 1.82) is 0 Å². The van der Waals surface area contributed by atoms with Crippen molar-refractivity contribution >= 4 is 35.5 Å². The molecule has 0 aromatic heterocycles. The number of carbonyl (C=O) groups is 2. The molecule has 1 aliphatic rings. The Bertz CT molecular complexity index is 1290. The van der Waals surface area contributed by atoms with Gasteiger partial charge in [-0.25, -0.2) is 0 Å². The van der Waals surface area contributed by atoms with E-state index in [-0.39, 0.29) is 46.3 Å². The van der Waals surface area contributed by atoms with Gasteiger partial charge in [-0.15, -0.1) is 0 Å². The van der Waals surface area contributed by atoms with Crippen LogP contribution in [-0.2, 0) is 9.59 Å². The molecular weight excluding hydrogens is 500 g/mol. The molecule has 0 amide bonds.